The average molecular weight is 280 g/mol. The van der Waals surface area contributed by atoms with Gasteiger partial charge < -0.3 is 15.0 Å². The summed E-state index contributed by atoms with van der Waals surface area (Å²) in [4.78, 5) is 11.3. The Bertz CT molecular complexity index is 844. The first-order valence-electron chi connectivity index (χ1n) is 7.22. The molecule has 1 saturated heterocycles. The maximum atomic E-state index is 11.3. The minimum absolute atomic E-state index is 0.345. The number of rotatable bonds is 2. The van der Waals surface area contributed by atoms with Crippen LogP contribution in [-0.4, -0.2) is 28.7 Å². The second-order valence-electron chi connectivity index (χ2n) is 5.57. The number of carboxylic acid groups (broad SMARTS) is 1. The van der Waals surface area contributed by atoms with Crippen LogP contribution in [0.15, 0.2) is 42.5 Å². The zero-order valence-electron chi connectivity index (χ0n) is 11.5. The normalized spacial score (nSPS) is 18.6. The number of benzene rings is 2. The SMILES string of the molecule is O=C(O)c1ccc2c3ccccc3n(C3CCNC3)c2c1. The van der Waals surface area contributed by atoms with Gasteiger partial charge >= 0.3 is 5.97 Å². The van der Waals surface area contributed by atoms with Crippen molar-refractivity contribution in [2.24, 2.45) is 0 Å². The van der Waals surface area contributed by atoms with E-state index in [2.05, 4.69) is 22.0 Å². The Labute approximate surface area is 122 Å². The first-order valence-corrected chi connectivity index (χ1v) is 7.22. The highest BCUT2D eigenvalue weighted by Crippen LogP contribution is 2.34. The third-order valence-electron chi connectivity index (χ3n) is 4.36. The van der Waals surface area contributed by atoms with Gasteiger partial charge in [0.1, 0.15) is 0 Å². The Hall–Kier alpha value is -2.33. The lowest BCUT2D eigenvalue weighted by Crippen LogP contribution is -2.13. The molecule has 1 fully saturated rings. The summed E-state index contributed by atoms with van der Waals surface area (Å²) in [6.07, 6.45) is 1.07. The number of carbonyl (C=O) groups is 1. The second-order valence-corrected chi connectivity index (χ2v) is 5.57. The highest BCUT2D eigenvalue weighted by molar-refractivity contribution is 6.09. The smallest absolute Gasteiger partial charge is 0.335 e. The number of carboxylic acids is 1. The molecule has 0 bridgehead atoms. The first kappa shape index (κ1) is 12.4. The summed E-state index contributed by atoms with van der Waals surface area (Å²) in [6, 6.07) is 14.1. The van der Waals surface area contributed by atoms with Crippen molar-refractivity contribution in [3.05, 3.63) is 48.0 Å². The third-order valence-corrected chi connectivity index (χ3v) is 4.36. The molecule has 0 spiro atoms. The van der Waals surface area contributed by atoms with Gasteiger partial charge in [0.05, 0.1) is 11.1 Å². The van der Waals surface area contributed by atoms with Gasteiger partial charge in [-0.2, -0.15) is 0 Å². The largest absolute Gasteiger partial charge is 0.478 e. The number of aromatic nitrogens is 1. The van der Waals surface area contributed by atoms with E-state index >= 15 is 0 Å². The Balaban J connectivity index is 2.09. The fourth-order valence-corrected chi connectivity index (χ4v) is 3.39. The summed E-state index contributed by atoms with van der Waals surface area (Å²) in [5.74, 6) is -0.877. The number of aromatic carboxylic acids is 1. The lowest BCUT2D eigenvalue weighted by Gasteiger charge is -2.14. The van der Waals surface area contributed by atoms with E-state index in [-0.39, 0.29) is 0 Å². The molecule has 0 radical (unpaired) electrons. The molecule has 1 aromatic heterocycles. The van der Waals surface area contributed by atoms with Gasteiger partial charge in [0, 0.05) is 28.9 Å². The Morgan fingerprint density at radius 2 is 1.95 bits per heavy atom. The van der Waals surface area contributed by atoms with E-state index in [4.69, 9.17) is 0 Å². The van der Waals surface area contributed by atoms with E-state index in [1.807, 2.05) is 18.2 Å². The molecule has 1 aliphatic heterocycles. The predicted octanol–water partition coefficient (Wildman–Crippen LogP) is 3.03. The second kappa shape index (κ2) is 4.60. The standard InChI is InChI=1S/C17H16N2O2/c20-17(21)11-5-6-14-13-3-1-2-4-15(13)19(16(14)9-11)12-7-8-18-10-12/h1-6,9,12,18H,7-8,10H2,(H,20,21). The zero-order valence-corrected chi connectivity index (χ0v) is 11.5. The van der Waals surface area contributed by atoms with Gasteiger partial charge in [0.25, 0.3) is 0 Å². The summed E-state index contributed by atoms with van der Waals surface area (Å²) in [6.45, 7) is 1.95. The number of hydrogen-bond acceptors (Lipinski definition) is 2. The minimum Gasteiger partial charge on any atom is -0.478 e. The fourth-order valence-electron chi connectivity index (χ4n) is 3.39. The molecule has 0 aliphatic carbocycles. The zero-order chi connectivity index (χ0) is 14.4. The summed E-state index contributed by atoms with van der Waals surface area (Å²) in [7, 11) is 0. The van der Waals surface area contributed by atoms with Crippen LogP contribution in [0.25, 0.3) is 21.8 Å². The van der Waals surface area contributed by atoms with Gasteiger partial charge in [0.15, 0.2) is 0 Å². The Morgan fingerprint density at radius 3 is 2.71 bits per heavy atom. The first-order chi connectivity index (χ1) is 10.3. The van der Waals surface area contributed by atoms with Crippen LogP contribution >= 0.6 is 0 Å². The number of nitrogens with zero attached hydrogens (tertiary/aromatic N) is 1. The Kier molecular flexibility index (Phi) is 2.72. The molecule has 4 heteroatoms. The van der Waals surface area contributed by atoms with E-state index in [1.54, 1.807) is 12.1 Å². The lowest BCUT2D eigenvalue weighted by atomic mass is 10.1. The fraction of sp³-hybridized carbons (Fsp3) is 0.235. The highest BCUT2D eigenvalue weighted by Gasteiger charge is 2.21. The maximum Gasteiger partial charge on any atom is 0.335 e. The number of fused-ring (bicyclic) bond motifs is 3. The molecule has 21 heavy (non-hydrogen) atoms. The van der Waals surface area contributed by atoms with E-state index in [1.165, 1.54) is 10.9 Å². The Morgan fingerprint density at radius 1 is 1.14 bits per heavy atom. The number of nitrogens with one attached hydrogen (secondary N) is 1. The van der Waals surface area contributed by atoms with Crippen molar-refractivity contribution >= 4 is 27.8 Å². The van der Waals surface area contributed by atoms with E-state index in [9.17, 15) is 9.90 Å². The van der Waals surface area contributed by atoms with E-state index in [0.717, 1.165) is 30.4 Å². The van der Waals surface area contributed by atoms with Crippen LogP contribution in [-0.2, 0) is 0 Å². The molecule has 106 valence electrons. The quantitative estimate of drug-likeness (QED) is 0.758. The van der Waals surface area contributed by atoms with Gasteiger partial charge in [-0.25, -0.2) is 4.79 Å². The van der Waals surface area contributed by atoms with Gasteiger partial charge in [-0.1, -0.05) is 24.3 Å². The highest BCUT2D eigenvalue weighted by atomic mass is 16.4. The van der Waals surface area contributed by atoms with Gasteiger partial charge in [-0.15, -0.1) is 0 Å². The van der Waals surface area contributed by atoms with Crippen molar-refractivity contribution in [1.82, 2.24) is 9.88 Å². The summed E-state index contributed by atoms with van der Waals surface area (Å²) < 4.78 is 2.30. The molecule has 4 rings (SSSR count). The van der Waals surface area contributed by atoms with Crippen LogP contribution in [0.3, 0.4) is 0 Å². The molecule has 1 atom stereocenters. The molecule has 1 unspecified atom stereocenters. The molecule has 4 nitrogen and oxygen atoms in total. The van der Waals surface area contributed by atoms with Crippen LogP contribution in [0.2, 0.25) is 0 Å². The summed E-state index contributed by atoms with van der Waals surface area (Å²) in [5.41, 5.74) is 2.55. The molecule has 1 aliphatic rings. The molecule has 0 amide bonds. The van der Waals surface area contributed by atoms with Crippen molar-refractivity contribution < 1.29 is 9.90 Å². The lowest BCUT2D eigenvalue weighted by molar-refractivity contribution is 0.0697. The molecular weight excluding hydrogens is 264 g/mol. The molecule has 3 aromatic rings. The number of hydrogen-bond donors (Lipinski definition) is 2. The van der Waals surface area contributed by atoms with Crippen LogP contribution < -0.4 is 5.32 Å². The number of para-hydroxylation sites is 1. The van der Waals surface area contributed by atoms with Gasteiger partial charge in [-0.05, 0) is 31.2 Å². The molecule has 2 heterocycles. The third kappa shape index (κ3) is 1.83. The topological polar surface area (TPSA) is 54.3 Å². The maximum absolute atomic E-state index is 11.3. The molecule has 2 N–H and O–H groups in total. The van der Waals surface area contributed by atoms with Crippen molar-refractivity contribution in [3.63, 3.8) is 0 Å². The van der Waals surface area contributed by atoms with Crippen molar-refractivity contribution in [2.45, 2.75) is 12.5 Å². The average Bonchev–Trinajstić information content (AvgIpc) is 3.11. The van der Waals surface area contributed by atoms with Crippen LogP contribution in [0.4, 0.5) is 0 Å². The van der Waals surface area contributed by atoms with Crippen molar-refractivity contribution in [2.75, 3.05) is 13.1 Å². The molecule has 0 saturated carbocycles. The van der Waals surface area contributed by atoms with Crippen molar-refractivity contribution in [3.8, 4) is 0 Å². The van der Waals surface area contributed by atoms with Crippen LogP contribution in [0.1, 0.15) is 22.8 Å². The van der Waals surface area contributed by atoms with E-state index < -0.39 is 5.97 Å². The molecular formula is C17H16N2O2. The van der Waals surface area contributed by atoms with E-state index in [0.29, 0.717) is 11.6 Å². The van der Waals surface area contributed by atoms with Gasteiger partial charge in [0.2, 0.25) is 0 Å². The monoisotopic (exact) mass is 280 g/mol. The predicted molar refractivity (Wildman–Crippen MR) is 82.9 cm³/mol. The summed E-state index contributed by atoms with van der Waals surface area (Å²) >= 11 is 0. The van der Waals surface area contributed by atoms with Crippen LogP contribution in [0.5, 0.6) is 0 Å². The van der Waals surface area contributed by atoms with Gasteiger partial charge in [-0.3, -0.25) is 0 Å². The van der Waals surface area contributed by atoms with Crippen LogP contribution in [0, 0.1) is 0 Å². The minimum atomic E-state index is -0.877. The summed E-state index contributed by atoms with van der Waals surface area (Å²) in [5, 5.41) is 15.0. The van der Waals surface area contributed by atoms with Crippen molar-refractivity contribution in [1.29, 1.82) is 0 Å². The molecule has 2 aromatic carbocycles.